The van der Waals surface area contributed by atoms with Crippen molar-refractivity contribution in [2.24, 2.45) is 0 Å². The van der Waals surface area contributed by atoms with Gasteiger partial charge in [-0.05, 0) is 36.4 Å². The number of nitrogens with two attached hydrogens (primary N) is 1. The molecule has 3 N–H and O–H groups in total. The Morgan fingerprint density at radius 3 is 2.43 bits per heavy atom. The number of carboxylic acid groups (broad SMARTS) is 1. The van der Waals surface area contributed by atoms with Crippen molar-refractivity contribution in [2.75, 3.05) is 43.4 Å². The third-order valence-corrected chi connectivity index (χ3v) is 4.71. The van der Waals surface area contributed by atoms with E-state index in [0.717, 1.165) is 5.56 Å². The Kier molecular flexibility index (Phi) is 4.74. The van der Waals surface area contributed by atoms with Crippen LogP contribution in [-0.4, -0.2) is 63.7 Å². The van der Waals surface area contributed by atoms with E-state index in [1.54, 1.807) is 12.1 Å². The number of benzene rings is 1. The van der Waals surface area contributed by atoms with Crippen LogP contribution in [0.4, 0.5) is 16.2 Å². The van der Waals surface area contributed by atoms with Crippen LogP contribution in [-0.2, 0) is 4.79 Å². The molecule has 0 bridgehead atoms. The third kappa shape index (κ3) is 3.70. The summed E-state index contributed by atoms with van der Waals surface area (Å²) >= 11 is 0. The van der Waals surface area contributed by atoms with Crippen molar-refractivity contribution in [2.45, 2.75) is 0 Å². The number of halogens is 1. The Bertz CT molecular complexity index is 1020. The van der Waals surface area contributed by atoms with Gasteiger partial charge in [0.05, 0.1) is 17.8 Å². The van der Waals surface area contributed by atoms with E-state index < -0.39 is 5.97 Å². The van der Waals surface area contributed by atoms with Gasteiger partial charge < -0.3 is 15.7 Å². The predicted octanol–water partition coefficient (Wildman–Crippen LogP) is 1.62. The van der Waals surface area contributed by atoms with Crippen LogP contribution in [0.2, 0.25) is 0 Å². The molecule has 4 rings (SSSR count). The second kappa shape index (κ2) is 7.35. The Morgan fingerprint density at radius 2 is 1.75 bits per heavy atom. The van der Waals surface area contributed by atoms with Crippen LogP contribution in [0, 0.1) is 5.82 Å². The van der Waals surface area contributed by atoms with Gasteiger partial charge >= 0.3 is 5.97 Å². The Morgan fingerprint density at radius 1 is 1.04 bits per heavy atom. The lowest BCUT2D eigenvalue weighted by Crippen LogP contribution is -2.48. The SMILES string of the molecule is Nc1nc(N2CCN(CC(=O)O)CC2)c2nc(-c3ccc(F)cc3)ccc2n1. The van der Waals surface area contributed by atoms with Gasteiger partial charge in [-0.1, -0.05) is 0 Å². The second-order valence-electron chi connectivity index (χ2n) is 6.63. The minimum atomic E-state index is -0.837. The van der Waals surface area contributed by atoms with Crippen molar-refractivity contribution in [3.8, 4) is 11.3 Å². The summed E-state index contributed by atoms with van der Waals surface area (Å²) < 4.78 is 13.2. The maximum Gasteiger partial charge on any atom is 0.317 e. The van der Waals surface area contributed by atoms with Gasteiger partial charge in [0.2, 0.25) is 5.95 Å². The lowest BCUT2D eigenvalue weighted by Gasteiger charge is -2.34. The Hall–Kier alpha value is -3.33. The fraction of sp³-hybridized carbons (Fsp3) is 0.263. The van der Waals surface area contributed by atoms with Crippen molar-refractivity contribution < 1.29 is 14.3 Å². The van der Waals surface area contributed by atoms with Crippen LogP contribution < -0.4 is 10.6 Å². The molecule has 1 aliphatic rings. The van der Waals surface area contributed by atoms with E-state index in [2.05, 4.69) is 9.97 Å². The van der Waals surface area contributed by atoms with Gasteiger partial charge in [0, 0.05) is 31.7 Å². The molecule has 0 saturated carbocycles. The molecule has 0 spiro atoms. The maximum atomic E-state index is 13.2. The first-order valence-electron chi connectivity index (χ1n) is 8.89. The number of carbonyl (C=O) groups is 1. The fourth-order valence-corrected chi connectivity index (χ4v) is 3.33. The summed E-state index contributed by atoms with van der Waals surface area (Å²) in [6.07, 6.45) is 0. The number of nitrogen functional groups attached to an aromatic ring is 1. The van der Waals surface area contributed by atoms with Crippen LogP contribution in [0.3, 0.4) is 0 Å². The van der Waals surface area contributed by atoms with E-state index in [1.165, 1.54) is 12.1 Å². The maximum absolute atomic E-state index is 13.2. The lowest BCUT2D eigenvalue weighted by molar-refractivity contribution is -0.138. The zero-order chi connectivity index (χ0) is 19.7. The van der Waals surface area contributed by atoms with E-state index in [1.807, 2.05) is 21.9 Å². The molecule has 3 heterocycles. The molecular formula is C19H19FN6O2. The molecule has 144 valence electrons. The summed E-state index contributed by atoms with van der Waals surface area (Å²) in [6.45, 7) is 2.46. The van der Waals surface area contributed by atoms with Gasteiger partial charge in [0.25, 0.3) is 0 Å². The van der Waals surface area contributed by atoms with Crippen LogP contribution in [0.15, 0.2) is 36.4 Å². The zero-order valence-electron chi connectivity index (χ0n) is 15.0. The van der Waals surface area contributed by atoms with Crippen LogP contribution in [0.25, 0.3) is 22.3 Å². The van der Waals surface area contributed by atoms with E-state index in [9.17, 15) is 9.18 Å². The van der Waals surface area contributed by atoms with Crippen molar-refractivity contribution in [3.05, 3.63) is 42.2 Å². The number of aliphatic carboxylic acids is 1. The first-order valence-corrected chi connectivity index (χ1v) is 8.89. The van der Waals surface area contributed by atoms with Crippen molar-refractivity contribution in [1.82, 2.24) is 19.9 Å². The number of hydrogen-bond acceptors (Lipinski definition) is 7. The summed E-state index contributed by atoms with van der Waals surface area (Å²) in [5, 5.41) is 8.96. The number of aromatic nitrogens is 3. The van der Waals surface area contributed by atoms with E-state index in [4.69, 9.17) is 15.8 Å². The van der Waals surface area contributed by atoms with Gasteiger partial charge in [-0.25, -0.2) is 14.4 Å². The molecule has 9 heteroatoms. The van der Waals surface area contributed by atoms with Gasteiger partial charge in [-0.15, -0.1) is 0 Å². The average Bonchev–Trinajstić information content (AvgIpc) is 2.68. The van der Waals surface area contributed by atoms with Crippen LogP contribution in [0.5, 0.6) is 0 Å². The molecule has 0 atom stereocenters. The number of pyridine rings is 1. The summed E-state index contributed by atoms with van der Waals surface area (Å²) in [5.74, 6) is -0.357. The summed E-state index contributed by atoms with van der Waals surface area (Å²) in [7, 11) is 0. The van der Waals surface area contributed by atoms with E-state index >= 15 is 0 Å². The number of rotatable bonds is 4. The molecule has 1 saturated heterocycles. The number of anilines is 2. The molecule has 1 aromatic carbocycles. The molecule has 8 nitrogen and oxygen atoms in total. The smallest absolute Gasteiger partial charge is 0.317 e. The normalized spacial score (nSPS) is 15.1. The third-order valence-electron chi connectivity index (χ3n) is 4.71. The molecule has 2 aromatic heterocycles. The molecule has 0 radical (unpaired) electrons. The first kappa shape index (κ1) is 18.1. The Labute approximate surface area is 160 Å². The first-order chi connectivity index (χ1) is 13.5. The van der Waals surface area contributed by atoms with Gasteiger partial charge in [0.15, 0.2) is 5.82 Å². The van der Waals surface area contributed by atoms with Gasteiger partial charge in [-0.3, -0.25) is 9.69 Å². The zero-order valence-corrected chi connectivity index (χ0v) is 15.0. The molecule has 3 aromatic rings. The molecular weight excluding hydrogens is 363 g/mol. The highest BCUT2D eigenvalue weighted by Crippen LogP contribution is 2.27. The minimum Gasteiger partial charge on any atom is -0.480 e. The van der Waals surface area contributed by atoms with Crippen molar-refractivity contribution in [3.63, 3.8) is 0 Å². The molecule has 0 aliphatic carbocycles. The largest absolute Gasteiger partial charge is 0.480 e. The topological polar surface area (TPSA) is 108 Å². The number of hydrogen-bond donors (Lipinski definition) is 2. The second-order valence-corrected chi connectivity index (χ2v) is 6.63. The highest BCUT2D eigenvalue weighted by molar-refractivity contribution is 5.88. The number of piperazine rings is 1. The highest BCUT2D eigenvalue weighted by atomic mass is 19.1. The number of fused-ring (bicyclic) bond motifs is 1. The fourth-order valence-electron chi connectivity index (χ4n) is 3.33. The molecule has 0 amide bonds. The molecule has 1 fully saturated rings. The highest BCUT2D eigenvalue weighted by Gasteiger charge is 2.22. The quantitative estimate of drug-likeness (QED) is 0.701. The Balaban J connectivity index is 1.68. The number of carboxylic acids is 1. The summed E-state index contributed by atoms with van der Waals surface area (Å²) in [4.78, 5) is 28.2. The summed E-state index contributed by atoms with van der Waals surface area (Å²) in [5.41, 5.74) is 8.60. The molecule has 1 aliphatic heterocycles. The predicted molar refractivity (Wildman–Crippen MR) is 103 cm³/mol. The average molecular weight is 382 g/mol. The van der Waals surface area contributed by atoms with Crippen molar-refractivity contribution in [1.29, 1.82) is 0 Å². The van der Waals surface area contributed by atoms with Gasteiger partial charge in [-0.2, -0.15) is 4.98 Å². The lowest BCUT2D eigenvalue weighted by atomic mass is 10.1. The molecule has 28 heavy (non-hydrogen) atoms. The van der Waals surface area contributed by atoms with E-state index in [-0.39, 0.29) is 18.3 Å². The number of nitrogens with zero attached hydrogens (tertiary/aromatic N) is 5. The van der Waals surface area contributed by atoms with Crippen molar-refractivity contribution >= 4 is 28.8 Å². The molecule has 0 unspecified atom stereocenters. The van der Waals surface area contributed by atoms with E-state index in [0.29, 0.717) is 48.7 Å². The van der Waals surface area contributed by atoms with Crippen LogP contribution >= 0.6 is 0 Å². The van der Waals surface area contributed by atoms with Crippen LogP contribution in [0.1, 0.15) is 0 Å². The summed E-state index contributed by atoms with van der Waals surface area (Å²) in [6, 6.07) is 9.77. The standard InChI is InChI=1S/C19H19FN6O2/c20-13-3-1-12(2-4-13)14-5-6-15-17(22-14)18(24-19(21)23-15)26-9-7-25(8-10-26)11-16(27)28/h1-6H,7-11H2,(H,27,28)(H2,21,23,24). The minimum absolute atomic E-state index is 0.0213. The van der Waals surface area contributed by atoms with Gasteiger partial charge in [0.1, 0.15) is 11.3 Å². The monoisotopic (exact) mass is 382 g/mol.